The molecule has 4 heteroatoms. The fraction of sp³-hybridized carbons (Fsp3) is 0.769. The predicted octanol–water partition coefficient (Wildman–Crippen LogP) is 2.53. The molecule has 1 fully saturated rings. The topological polar surface area (TPSA) is 28.2 Å². The van der Waals surface area contributed by atoms with E-state index in [1.165, 1.54) is 43.3 Å². The number of hydrogen-bond acceptors (Lipinski definition) is 4. The van der Waals surface area contributed by atoms with Gasteiger partial charge in [-0.1, -0.05) is 13.8 Å². The summed E-state index contributed by atoms with van der Waals surface area (Å²) in [6.07, 6.45) is 3.65. The Bertz CT molecular complexity index is 329. The monoisotopic (exact) mass is 253 g/mol. The average molecular weight is 253 g/mol. The van der Waals surface area contributed by atoms with Gasteiger partial charge in [-0.25, -0.2) is 4.98 Å². The van der Waals surface area contributed by atoms with E-state index in [4.69, 9.17) is 0 Å². The molecule has 96 valence electrons. The zero-order chi connectivity index (χ0) is 12.1. The summed E-state index contributed by atoms with van der Waals surface area (Å²) in [5.41, 5.74) is 1.24. The number of aromatic nitrogens is 1. The van der Waals surface area contributed by atoms with E-state index in [1.807, 2.05) is 0 Å². The van der Waals surface area contributed by atoms with Crippen molar-refractivity contribution in [2.24, 2.45) is 5.92 Å². The molecule has 0 unspecified atom stereocenters. The molecule has 0 aromatic carbocycles. The maximum absolute atomic E-state index is 4.67. The highest BCUT2D eigenvalue weighted by molar-refractivity contribution is 7.13. The molecule has 0 saturated carbocycles. The van der Waals surface area contributed by atoms with Crippen LogP contribution in [0.25, 0.3) is 0 Å². The van der Waals surface area contributed by atoms with E-state index in [0.717, 1.165) is 18.9 Å². The van der Waals surface area contributed by atoms with Crippen molar-refractivity contribution in [3.63, 3.8) is 0 Å². The number of piperidine rings is 1. The van der Waals surface area contributed by atoms with Gasteiger partial charge in [-0.2, -0.15) is 0 Å². The lowest BCUT2D eigenvalue weighted by Crippen LogP contribution is -2.37. The minimum Gasteiger partial charge on any atom is -0.348 e. The molecule has 0 radical (unpaired) electrons. The van der Waals surface area contributed by atoms with Gasteiger partial charge in [0.05, 0.1) is 5.69 Å². The number of anilines is 1. The highest BCUT2D eigenvalue weighted by atomic mass is 32.1. The zero-order valence-electron chi connectivity index (χ0n) is 10.9. The smallest absolute Gasteiger partial charge is 0.185 e. The molecular formula is C13H23N3S. The SMILES string of the molecule is CCNCC1CCN(c2nc(CC)cs2)CC1. The van der Waals surface area contributed by atoms with Crippen LogP contribution in [-0.4, -0.2) is 31.2 Å². The molecule has 1 aromatic rings. The maximum Gasteiger partial charge on any atom is 0.185 e. The number of thiazole rings is 1. The summed E-state index contributed by atoms with van der Waals surface area (Å²) >= 11 is 1.80. The number of nitrogens with zero attached hydrogens (tertiary/aromatic N) is 2. The molecule has 17 heavy (non-hydrogen) atoms. The third-order valence-corrected chi connectivity index (χ3v) is 4.42. The Morgan fingerprint density at radius 2 is 2.18 bits per heavy atom. The Kier molecular flexibility index (Phi) is 4.80. The Hall–Kier alpha value is -0.610. The van der Waals surface area contributed by atoms with E-state index in [9.17, 15) is 0 Å². The molecule has 2 rings (SSSR count). The van der Waals surface area contributed by atoms with Gasteiger partial charge in [-0.05, 0) is 38.3 Å². The van der Waals surface area contributed by atoms with E-state index in [1.54, 1.807) is 11.3 Å². The molecule has 3 nitrogen and oxygen atoms in total. The second-order valence-electron chi connectivity index (χ2n) is 4.71. The Labute approximate surface area is 108 Å². The summed E-state index contributed by atoms with van der Waals surface area (Å²) in [5.74, 6) is 0.858. The standard InChI is InChI=1S/C13H23N3S/c1-3-12-10-17-13(15-12)16-7-5-11(6-8-16)9-14-4-2/h10-11,14H,3-9H2,1-2H3. The van der Waals surface area contributed by atoms with Crippen molar-refractivity contribution < 1.29 is 0 Å². The van der Waals surface area contributed by atoms with Crippen molar-refractivity contribution in [3.8, 4) is 0 Å². The first-order valence-corrected chi connectivity index (χ1v) is 7.61. The van der Waals surface area contributed by atoms with Crippen LogP contribution in [-0.2, 0) is 6.42 Å². The summed E-state index contributed by atoms with van der Waals surface area (Å²) in [7, 11) is 0. The van der Waals surface area contributed by atoms with Crippen molar-refractivity contribution in [1.82, 2.24) is 10.3 Å². The molecule has 0 aliphatic carbocycles. The maximum atomic E-state index is 4.67. The molecule has 0 bridgehead atoms. The molecule has 0 amide bonds. The third-order valence-electron chi connectivity index (χ3n) is 3.47. The summed E-state index contributed by atoms with van der Waals surface area (Å²) < 4.78 is 0. The predicted molar refractivity (Wildman–Crippen MR) is 75.0 cm³/mol. The van der Waals surface area contributed by atoms with Gasteiger partial charge in [0, 0.05) is 18.5 Å². The zero-order valence-corrected chi connectivity index (χ0v) is 11.7. The summed E-state index contributed by atoms with van der Waals surface area (Å²) in [4.78, 5) is 7.12. The second-order valence-corrected chi connectivity index (χ2v) is 5.55. The van der Waals surface area contributed by atoms with Crippen molar-refractivity contribution >= 4 is 16.5 Å². The van der Waals surface area contributed by atoms with Gasteiger partial charge >= 0.3 is 0 Å². The van der Waals surface area contributed by atoms with Crippen LogP contribution in [0.3, 0.4) is 0 Å². The molecule has 1 aliphatic heterocycles. The lowest BCUT2D eigenvalue weighted by Gasteiger charge is -2.31. The van der Waals surface area contributed by atoms with Crippen molar-refractivity contribution in [2.75, 3.05) is 31.1 Å². The molecule has 1 aliphatic rings. The van der Waals surface area contributed by atoms with Crippen LogP contribution in [0.2, 0.25) is 0 Å². The highest BCUT2D eigenvalue weighted by Gasteiger charge is 2.20. The van der Waals surface area contributed by atoms with Crippen LogP contribution in [0, 0.1) is 5.92 Å². The molecule has 1 aromatic heterocycles. The lowest BCUT2D eigenvalue weighted by molar-refractivity contribution is 0.386. The summed E-state index contributed by atoms with van der Waals surface area (Å²) in [6, 6.07) is 0. The molecule has 1 N–H and O–H groups in total. The Morgan fingerprint density at radius 3 is 2.76 bits per heavy atom. The minimum absolute atomic E-state index is 0.858. The largest absolute Gasteiger partial charge is 0.348 e. The van der Waals surface area contributed by atoms with Crippen LogP contribution in [0.5, 0.6) is 0 Å². The van der Waals surface area contributed by atoms with Gasteiger partial charge in [0.25, 0.3) is 0 Å². The van der Waals surface area contributed by atoms with E-state index in [-0.39, 0.29) is 0 Å². The van der Waals surface area contributed by atoms with Gasteiger partial charge < -0.3 is 10.2 Å². The van der Waals surface area contributed by atoms with Crippen LogP contribution in [0.4, 0.5) is 5.13 Å². The fourth-order valence-electron chi connectivity index (χ4n) is 2.28. The van der Waals surface area contributed by atoms with E-state index < -0.39 is 0 Å². The van der Waals surface area contributed by atoms with Crippen molar-refractivity contribution in [2.45, 2.75) is 33.1 Å². The number of rotatable bonds is 5. The molecule has 0 spiro atoms. The van der Waals surface area contributed by atoms with Gasteiger partial charge in [-0.15, -0.1) is 11.3 Å². The van der Waals surface area contributed by atoms with E-state index >= 15 is 0 Å². The van der Waals surface area contributed by atoms with Gasteiger partial charge in [0.15, 0.2) is 5.13 Å². The molecule has 0 atom stereocenters. The Morgan fingerprint density at radius 1 is 1.41 bits per heavy atom. The summed E-state index contributed by atoms with van der Waals surface area (Å²) in [6.45, 7) is 8.97. The van der Waals surface area contributed by atoms with E-state index in [0.29, 0.717) is 0 Å². The van der Waals surface area contributed by atoms with Crippen LogP contribution < -0.4 is 10.2 Å². The van der Waals surface area contributed by atoms with Gasteiger partial charge in [0.1, 0.15) is 0 Å². The van der Waals surface area contributed by atoms with Gasteiger partial charge in [-0.3, -0.25) is 0 Å². The lowest BCUT2D eigenvalue weighted by atomic mass is 9.97. The molecule has 1 saturated heterocycles. The first kappa shape index (κ1) is 12.8. The average Bonchev–Trinajstić information content (AvgIpc) is 2.86. The van der Waals surface area contributed by atoms with Crippen molar-refractivity contribution in [1.29, 1.82) is 0 Å². The van der Waals surface area contributed by atoms with Crippen LogP contribution in [0.15, 0.2) is 5.38 Å². The second kappa shape index (κ2) is 6.36. The Balaban J connectivity index is 1.82. The first-order chi connectivity index (χ1) is 8.33. The van der Waals surface area contributed by atoms with Crippen molar-refractivity contribution in [3.05, 3.63) is 11.1 Å². The molecular weight excluding hydrogens is 230 g/mol. The third kappa shape index (κ3) is 3.42. The fourth-order valence-corrected chi connectivity index (χ4v) is 3.24. The summed E-state index contributed by atoms with van der Waals surface area (Å²) in [5, 5.41) is 6.87. The highest BCUT2D eigenvalue weighted by Crippen LogP contribution is 2.26. The molecule has 2 heterocycles. The minimum atomic E-state index is 0.858. The normalized spacial score (nSPS) is 17.6. The number of nitrogens with one attached hydrogen (secondary N) is 1. The first-order valence-electron chi connectivity index (χ1n) is 6.73. The van der Waals surface area contributed by atoms with Crippen LogP contribution in [0.1, 0.15) is 32.4 Å². The number of aryl methyl sites for hydroxylation is 1. The van der Waals surface area contributed by atoms with E-state index in [2.05, 4.69) is 34.4 Å². The van der Waals surface area contributed by atoms with Gasteiger partial charge in [0.2, 0.25) is 0 Å². The number of hydrogen-bond donors (Lipinski definition) is 1. The van der Waals surface area contributed by atoms with Crippen LogP contribution >= 0.6 is 11.3 Å². The quantitative estimate of drug-likeness (QED) is 0.874.